The van der Waals surface area contributed by atoms with Gasteiger partial charge in [0.25, 0.3) is 11.8 Å². The number of nitrogens with zero attached hydrogens (tertiary/aromatic N) is 3. The highest BCUT2D eigenvalue weighted by atomic mass is 16.5. The normalized spacial score (nSPS) is 14.9. The van der Waals surface area contributed by atoms with Crippen molar-refractivity contribution >= 4 is 17.5 Å². The second kappa shape index (κ2) is 9.99. The van der Waals surface area contributed by atoms with Crippen LogP contribution in [-0.4, -0.2) is 42.4 Å². The van der Waals surface area contributed by atoms with Crippen LogP contribution in [0.25, 0.3) is 0 Å². The maximum Gasteiger partial charge on any atom is 0.258 e. The Morgan fingerprint density at radius 3 is 2.59 bits per heavy atom. The summed E-state index contributed by atoms with van der Waals surface area (Å²) in [6.45, 7) is 5.17. The van der Waals surface area contributed by atoms with Crippen LogP contribution in [0, 0.1) is 6.92 Å². The summed E-state index contributed by atoms with van der Waals surface area (Å²) in [6, 6.07) is 12.4. The zero-order valence-electron chi connectivity index (χ0n) is 20.0. The van der Waals surface area contributed by atoms with Gasteiger partial charge in [0.2, 0.25) is 0 Å². The van der Waals surface area contributed by atoms with Gasteiger partial charge in [0.05, 0.1) is 25.9 Å². The molecule has 178 valence electrons. The van der Waals surface area contributed by atoms with E-state index in [4.69, 9.17) is 14.6 Å². The van der Waals surface area contributed by atoms with Gasteiger partial charge in [0, 0.05) is 30.4 Å². The first kappa shape index (κ1) is 23.4. The van der Waals surface area contributed by atoms with Crippen molar-refractivity contribution in [2.75, 3.05) is 25.7 Å². The molecule has 1 unspecified atom stereocenters. The van der Waals surface area contributed by atoms with Crippen molar-refractivity contribution in [2.45, 2.75) is 39.3 Å². The SMILES string of the molecule is CCCn1cc2c(n1)C(NC(=O)c1ccccc1C)CCN2C(=O)c1ccc(OC)c(OC)c1. The fourth-order valence-electron chi connectivity index (χ4n) is 4.28. The molecule has 0 bridgehead atoms. The van der Waals surface area contributed by atoms with E-state index in [2.05, 4.69) is 12.2 Å². The molecule has 0 radical (unpaired) electrons. The number of aromatic nitrogens is 2. The number of benzene rings is 2. The molecule has 0 fully saturated rings. The number of amides is 2. The van der Waals surface area contributed by atoms with Crippen LogP contribution in [0.5, 0.6) is 11.5 Å². The number of carbonyl (C=O) groups excluding carboxylic acids is 2. The van der Waals surface area contributed by atoms with Gasteiger partial charge in [0.1, 0.15) is 5.69 Å². The number of rotatable bonds is 7. The van der Waals surface area contributed by atoms with Gasteiger partial charge in [-0.2, -0.15) is 5.10 Å². The van der Waals surface area contributed by atoms with E-state index in [1.807, 2.05) is 42.1 Å². The number of carbonyl (C=O) groups is 2. The molecule has 8 heteroatoms. The predicted molar refractivity (Wildman–Crippen MR) is 130 cm³/mol. The lowest BCUT2D eigenvalue weighted by Gasteiger charge is -2.31. The molecule has 1 aromatic heterocycles. The topological polar surface area (TPSA) is 85.7 Å². The number of aryl methyl sites for hydroxylation is 2. The molecule has 2 heterocycles. The molecule has 34 heavy (non-hydrogen) atoms. The third kappa shape index (κ3) is 4.48. The van der Waals surface area contributed by atoms with Gasteiger partial charge in [-0.25, -0.2) is 0 Å². The van der Waals surface area contributed by atoms with E-state index in [1.165, 1.54) is 0 Å². The largest absolute Gasteiger partial charge is 0.493 e. The standard InChI is InChI=1S/C26H30N4O4/c1-5-13-29-16-21-24(28-29)20(27-25(31)19-9-7-6-8-17(19)2)12-14-30(21)26(32)18-10-11-22(33-3)23(15-18)34-4/h6-11,15-16,20H,5,12-14H2,1-4H3,(H,27,31). The molecule has 3 aromatic rings. The first-order chi connectivity index (χ1) is 16.5. The quantitative estimate of drug-likeness (QED) is 0.570. The third-order valence-electron chi connectivity index (χ3n) is 6.06. The van der Waals surface area contributed by atoms with E-state index in [0.717, 1.165) is 24.2 Å². The number of hydrogen-bond donors (Lipinski definition) is 1. The Bertz CT molecular complexity index is 1200. The van der Waals surface area contributed by atoms with Gasteiger partial charge < -0.3 is 19.7 Å². The van der Waals surface area contributed by atoms with E-state index in [-0.39, 0.29) is 17.9 Å². The Hall–Kier alpha value is -3.81. The second-order valence-electron chi connectivity index (χ2n) is 8.32. The summed E-state index contributed by atoms with van der Waals surface area (Å²) in [4.78, 5) is 28.2. The van der Waals surface area contributed by atoms with Crippen molar-refractivity contribution in [2.24, 2.45) is 0 Å². The summed E-state index contributed by atoms with van der Waals surface area (Å²) in [7, 11) is 3.10. The van der Waals surface area contributed by atoms with Gasteiger partial charge in [-0.3, -0.25) is 14.3 Å². The highest BCUT2D eigenvalue weighted by Gasteiger charge is 2.33. The maximum absolute atomic E-state index is 13.5. The fourth-order valence-corrected chi connectivity index (χ4v) is 4.28. The molecule has 8 nitrogen and oxygen atoms in total. The molecule has 1 aliphatic heterocycles. The molecule has 1 aliphatic rings. The van der Waals surface area contributed by atoms with Crippen LogP contribution >= 0.6 is 0 Å². The minimum absolute atomic E-state index is 0.140. The van der Waals surface area contributed by atoms with Crippen LogP contribution < -0.4 is 19.7 Å². The number of fused-ring (bicyclic) bond motifs is 1. The summed E-state index contributed by atoms with van der Waals surface area (Å²) < 4.78 is 12.5. The number of ether oxygens (including phenoxy) is 2. The molecular weight excluding hydrogens is 432 g/mol. The van der Waals surface area contributed by atoms with Gasteiger partial charge in [0.15, 0.2) is 11.5 Å². The van der Waals surface area contributed by atoms with Crippen molar-refractivity contribution in [1.82, 2.24) is 15.1 Å². The summed E-state index contributed by atoms with van der Waals surface area (Å²) >= 11 is 0. The van der Waals surface area contributed by atoms with Crippen molar-refractivity contribution < 1.29 is 19.1 Å². The number of nitrogens with one attached hydrogen (secondary N) is 1. The fraction of sp³-hybridized carbons (Fsp3) is 0.346. The smallest absolute Gasteiger partial charge is 0.258 e. The molecule has 1 atom stereocenters. The lowest BCUT2D eigenvalue weighted by Crippen LogP contribution is -2.41. The Morgan fingerprint density at radius 2 is 1.88 bits per heavy atom. The molecule has 0 saturated heterocycles. The number of methoxy groups -OCH3 is 2. The summed E-state index contributed by atoms with van der Waals surface area (Å²) in [6.07, 6.45) is 3.36. The van der Waals surface area contributed by atoms with Gasteiger partial charge in [-0.1, -0.05) is 25.1 Å². The van der Waals surface area contributed by atoms with Crippen molar-refractivity contribution in [3.8, 4) is 11.5 Å². The summed E-state index contributed by atoms with van der Waals surface area (Å²) in [5.74, 6) is 0.768. The molecule has 0 aliphatic carbocycles. The van der Waals surface area contributed by atoms with E-state index in [9.17, 15) is 9.59 Å². The molecule has 2 amide bonds. The van der Waals surface area contributed by atoms with Crippen LogP contribution in [0.15, 0.2) is 48.7 Å². The van der Waals surface area contributed by atoms with Crippen LogP contribution in [0.4, 0.5) is 5.69 Å². The van der Waals surface area contributed by atoms with Crippen LogP contribution in [-0.2, 0) is 6.54 Å². The number of anilines is 1. The summed E-state index contributed by atoms with van der Waals surface area (Å²) in [5.41, 5.74) is 3.47. The molecule has 4 rings (SSSR count). The Labute approximate surface area is 199 Å². The van der Waals surface area contributed by atoms with Gasteiger partial charge in [-0.05, 0) is 49.6 Å². The molecule has 1 N–H and O–H groups in total. The second-order valence-corrected chi connectivity index (χ2v) is 8.32. The van der Waals surface area contributed by atoms with Crippen LogP contribution in [0.1, 0.15) is 57.8 Å². The van der Waals surface area contributed by atoms with E-state index in [0.29, 0.717) is 41.3 Å². The van der Waals surface area contributed by atoms with Crippen LogP contribution in [0.2, 0.25) is 0 Å². The first-order valence-corrected chi connectivity index (χ1v) is 11.4. The lowest BCUT2D eigenvalue weighted by atomic mass is 10.0. The Morgan fingerprint density at radius 1 is 1.12 bits per heavy atom. The average molecular weight is 463 g/mol. The molecule has 0 spiro atoms. The van der Waals surface area contributed by atoms with Gasteiger partial charge >= 0.3 is 0 Å². The predicted octanol–water partition coefficient (Wildman–Crippen LogP) is 4.14. The Kier molecular flexibility index (Phi) is 6.86. The maximum atomic E-state index is 13.5. The van der Waals surface area contributed by atoms with E-state index in [1.54, 1.807) is 37.3 Å². The summed E-state index contributed by atoms with van der Waals surface area (Å²) in [5, 5.41) is 7.87. The van der Waals surface area contributed by atoms with Crippen molar-refractivity contribution in [3.05, 3.63) is 71.0 Å². The zero-order valence-corrected chi connectivity index (χ0v) is 20.0. The minimum Gasteiger partial charge on any atom is -0.493 e. The van der Waals surface area contributed by atoms with Crippen molar-refractivity contribution in [1.29, 1.82) is 0 Å². The highest BCUT2D eigenvalue weighted by Crippen LogP contribution is 2.35. The third-order valence-corrected chi connectivity index (χ3v) is 6.06. The molecule has 0 saturated carbocycles. The zero-order chi connectivity index (χ0) is 24.2. The van der Waals surface area contributed by atoms with Crippen molar-refractivity contribution in [3.63, 3.8) is 0 Å². The van der Waals surface area contributed by atoms with Gasteiger partial charge in [-0.15, -0.1) is 0 Å². The van der Waals surface area contributed by atoms with E-state index >= 15 is 0 Å². The number of hydrogen-bond acceptors (Lipinski definition) is 5. The minimum atomic E-state index is -0.283. The molecular formula is C26H30N4O4. The first-order valence-electron chi connectivity index (χ1n) is 11.4. The average Bonchev–Trinajstić information content (AvgIpc) is 3.28. The molecule has 2 aromatic carbocycles. The van der Waals surface area contributed by atoms with Crippen LogP contribution in [0.3, 0.4) is 0 Å². The highest BCUT2D eigenvalue weighted by molar-refractivity contribution is 6.07. The Balaban J connectivity index is 1.64. The lowest BCUT2D eigenvalue weighted by molar-refractivity contribution is 0.0931. The monoisotopic (exact) mass is 462 g/mol. The van der Waals surface area contributed by atoms with E-state index < -0.39 is 0 Å².